The third-order valence-corrected chi connectivity index (χ3v) is 5.48. The number of amides is 2. The second-order valence-corrected chi connectivity index (χ2v) is 8.20. The van der Waals surface area contributed by atoms with Crippen molar-refractivity contribution in [2.45, 2.75) is 6.92 Å². The van der Waals surface area contributed by atoms with Gasteiger partial charge in [-0.05, 0) is 48.9 Å². The first-order chi connectivity index (χ1) is 18.9. The highest BCUT2D eigenvalue weighted by Crippen LogP contribution is 2.35. The molecule has 4 aromatic rings. The highest BCUT2D eigenvalue weighted by atomic mass is 16.5. The van der Waals surface area contributed by atoms with Gasteiger partial charge in [-0.15, -0.1) is 0 Å². The number of hydrogen-bond donors (Lipinski definition) is 3. The number of aromatic nitrogens is 2. The summed E-state index contributed by atoms with van der Waals surface area (Å²) >= 11 is 0. The molecule has 0 unspecified atom stereocenters. The van der Waals surface area contributed by atoms with Crippen molar-refractivity contribution in [1.82, 2.24) is 9.97 Å². The number of methoxy groups -OCH3 is 4. The molecule has 0 aliphatic heterocycles. The van der Waals surface area contributed by atoms with Gasteiger partial charge in [0.2, 0.25) is 11.8 Å². The average molecular weight is 532 g/mol. The molecule has 11 nitrogen and oxygen atoms in total. The minimum Gasteiger partial charge on any atom is -0.497 e. The van der Waals surface area contributed by atoms with E-state index in [1.165, 1.54) is 6.20 Å². The van der Waals surface area contributed by atoms with Crippen molar-refractivity contribution in [2.24, 2.45) is 0 Å². The number of urea groups is 1. The fraction of sp³-hybridized carbons (Fsp3) is 0.179. The number of ether oxygens (including phenoxy) is 5. The zero-order valence-corrected chi connectivity index (χ0v) is 22.2. The maximum atomic E-state index is 12.8. The second-order valence-electron chi connectivity index (χ2n) is 8.20. The van der Waals surface area contributed by atoms with Crippen LogP contribution in [0.15, 0.2) is 66.9 Å². The fourth-order valence-electron chi connectivity index (χ4n) is 3.52. The monoisotopic (exact) mass is 531 g/mol. The van der Waals surface area contributed by atoms with Gasteiger partial charge in [0.15, 0.2) is 11.5 Å². The van der Waals surface area contributed by atoms with Gasteiger partial charge in [0, 0.05) is 29.6 Å². The van der Waals surface area contributed by atoms with Crippen LogP contribution in [0, 0.1) is 6.92 Å². The summed E-state index contributed by atoms with van der Waals surface area (Å²) in [4.78, 5) is 21.7. The topological polar surface area (TPSA) is 125 Å². The standard InChI is InChI=1S/C28H29N5O6/c1-17-6-11-24(25(12-17)38-5)39-26-23(32-28(34)31-18-7-9-20(35-2)10-8-18)16-29-27(33-26)30-19-13-21(36-3)15-22(14-19)37-4/h6-16H,1-5H3,(H,29,30,33)(H2,31,32,34). The molecule has 2 amide bonds. The van der Waals surface area contributed by atoms with Gasteiger partial charge in [-0.1, -0.05) is 6.07 Å². The van der Waals surface area contributed by atoms with Crippen LogP contribution in [-0.4, -0.2) is 44.4 Å². The van der Waals surface area contributed by atoms with Crippen LogP contribution < -0.4 is 39.6 Å². The predicted molar refractivity (Wildman–Crippen MR) is 148 cm³/mol. The first-order valence-corrected chi connectivity index (χ1v) is 11.8. The zero-order valence-electron chi connectivity index (χ0n) is 22.2. The number of benzene rings is 3. The Morgan fingerprint density at radius 1 is 0.718 bits per heavy atom. The Labute approximate surface area is 226 Å². The van der Waals surface area contributed by atoms with E-state index < -0.39 is 6.03 Å². The molecule has 39 heavy (non-hydrogen) atoms. The van der Waals surface area contributed by atoms with Gasteiger partial charge in [0.05, 0.1) is 34.6 Å². The van der Waals surface area contributed by atoms with E-state index in [0.717, 1.165) is 5.56 Å². The second kappa shape index (κ2) is 12.4. The fourth-order valence-corrected chi connectivity index (χ4v) is 3.52. The Morgan fingerprint density at radius 3 is 2.05 bits per heavy atom. The van der Waals surface area contributed by atoms with Crippen molar-refractivity contribution in [3.05, 3.63) is 72.4 Å². The molecule has 0 fully saturated rings. The summed E-state index contributed by atoms with van der Waals surface area (Å²) in [5.41, 5.74) is 2.43. The van der Waals surface area contributed by atoms with Crippen LogP contribution in [-0.2, 0) is 0 Å². The van der Waals surface area contributed by atoms with Crippen molar-refractivity contribution < 1.29 is 28.5 Å². The molecule has 3 aromatic carbocycles. The largest absolute Gasteiger partial charge is 0.497 e. The third-order valence-electron chi connectivity index (χ3n) is 5.48. The summed E-state index contributed by atoms with van der Waals surface area (Å²) in [6.45, 7) is 1.94. The molecule has 1 aromatic heterocycles. The molecule has 0 aliphatic carbocycles. The summed E-state index contributed by atoms with van der Waals surface area (Å²) < 4.78 is 27.4. The Morgan fingerprint density at radius 2 is 1.41 bits per heavy atom. The van der Waals surface area contributed by atoms with E-state index in [1.54, 1.807) is 77.0 Å². The molecular formula is C28H29N5O6. The highest BCUT2D eigenvalue weighted by molar-refractivity contribution is 6.00. The van der Waals surface area contributed by atoms with E-state index in [0.29, 0.717) is 40.1 Å². The SMILES string of the molecule is COc1ccc(NC(=O)Nc2cnc(Nc3cc(OC)cc(OC)c3)nc2Oc2ccc(C)cc2OC)cc1. The van der Waals surface area contributed by atoms with Crippen LogP contribution in [0.3, 0.4) is 0 Å². The number of anilines is 4. The number of aryl methyl sites for hydroxylation is 1. The smallest absolute Gasteiger partial charge is 0.323 e. The summed E-state index contributed by atoms with van der Waals surface area (Å²) in [7, 11) is 6.25. The maximum absolute atomic E-state index is 12.8. The zero-order chi connectivity index (χ0) is 27.8. The molecular weight excluding hydrogens is 502 g/mol. The molecule has 4 rings (SSSR count). The van der Waals surface area contributed by atoms with Gasteiger partial charge in [-0.2, -0.15) is 4.98 Å². The Balaban J connectivity index is 1.63. The minimum atomic E-state index is -0.511. The molecule has 0 bridgehead atoms. The van der Waals surface area contributed by atoms with Gasteiger partial charge in [0.25, 0.3) is 0 Å². The first-order valence-electron chi connectivity index (χ1n) is 11.8. The Hall–Kier alpha value is -5.19. The average Bonchev–Trinajstić information content (AvgIpc) is 2.95. The maximum Gasteiger partial charge on any atom is 0.323 e. The molecule has 0 atom stereocenters. The van der Waals surface area contributed by atoms with E-state index in [9.17, 15) is 4.79 Å². The predicted octanol–water partition coefficient (Wildman–Crippen LogP) is 6.00. The van der Waals surface area contributed by atoms with Crippen LogP contribution in [0.1, 0.15) is 5.56 Å². The third kappa shape index (κ3) is 6.98. The van der Waals surface area contributed by atoms with Crippen LogP contribution in [0.4, 0.5) is 27.8 Å². The van der Waals surface area contributed by atoms with Crippen molar-refractivity contribution in [3.8, 4) is 34.6 Å². The normalized spacial score (nSPS) is 10.3. The molecule has 0 aliphatic rings. The summed E-state index contributed by atoms with van der Waals surface area (Å²) in [6, 6.07) is 17.2. The molecule has 0 spiro atoms. The van der Waals surface area contributed by atoms with Crippen LogP contribution in [0.5, 0.6) is 34.6 Å². The molecule has 0 saturated carbocycles. The van der Waals surface area contributed by atoms with Gasteiger partial charge >= 0.3 is 6.03 Å². The van der Waals surface area contributed by atoms with Crippen molar-refractivity contribution in [2.75, 3.05) is 44.4 Å². The molecule has 3 N–H and O–H groups in total. The lowest BCUT2D eigenvalue weighted by Gasteiger charge is -2.15. The number of nitrogens with zero attached hydrogens (tertiary/aromatic N) is 2. The van der Waals surface area contributed by atoms with Gasteiger partial charge < -0.3 is 39.6 Å². The molecule has 0 radical (unpaired) electrons. The highest BCUT2D eigenvalue weighted by Gasteiger charge is 2.16. The summed E-state index contributed by atoms with van der Waals surface area (Å²) in [5.74, 6) is 3.08. The lowest BCUT2D eigenvalue weighted by atomic mass is 10.2. The minimum absolute atomic E-state index is 0.0920. The van der Waals surface area contributed by atoms with E-state index in [-0.39, 0.29) is 17.5 Å². The van der Waals surface area contributed by atoms with Crippen LogP contribution in [0.25, 0.3) is 0 Å². The van der Waals surface area contributed by atoms with E-state index >= 15 is 0 Å². The molecule has 0 saturated heterocycles. The first kappa shape index (κ1) is 26.9. The molecule has 11 heteroatoms. The number of nitrogens with one attached hydrogen (secondary N) is 3. The lowest BCUT2D eigenvalue weighted by molar-refractivity contribution is 0.262. The molecule has 202 valence electrons. The number of carbonyl (C=O) groups excluding carboxylic acids is 1. The number of hydrogen-bond acceptors (Lipinski definition) is 9. The number of rotatable bonds is 10. The van der Waals surface area contributed by atoms with Crippen molar-refractivity contribution in [1.29, 1.82) is 0 Å². The van der Waals surface area contributed by atoms with Crippen LogP contribution >= 0.6 is 0 Å². The summed E-state index contributed by atoms with van der Waals surface area (Å²) in [5, 5.41) is 8.62. The van der Waals surface area contributed by atoms with Gasteiger partial charge in [-0.25, -0.2) is 9.78 Å². The van der Waals surface area contributed by atoms with Crippen molar-refractivity contribution in [3.63, 3.8) is 0 Å². The Kier molecular flexibility index (Phi) is 8.52. The van der Waals surface area contributed by atoms with E-state index in [1.807, 2.05) is 19.1 Å². The quantitative estimate of drug-likeness (QED) is 0.226. The van der Waals surface area contributed by atoms with E-state index in [2.05, 4.69) is 25.9 Å². The Bertz CT molecular complexity index is 1420. The summed E-state index contributed by atoms with van der Waals surface area (Å²) in [6.07, 6.45) is 1.44. The number of carbonyl (C=O) groups is 1. The van der Waals surface area contributed by atoms with E-state index in [4.69, 9.17) is 23.7 Å². The van der Waals surface area contributed by atoms with Gasteiger partial charge in [0.1, 0.15) is 22.9 Å². The van der Waals surface area contributed by atoms with Crippen molar-refractivity contribution >= 4 is 29.0 Å². The van der Waals surface area contributed by atoms with Gasteiger partial charge in [-0.3, -0.25) is 0 Å². The lowest BCUT2D eigenvalue weighted by Crippen LogP contribution is -2.20. The molecule has 1 heterocycles. The van der Waals surface area contributed by atoms with Crippen LogP contribution in [0.2, 0.25) is 0 Å².